The van der Waals surface area contributed by atoms with Gasteiger partial charge in [-0.3, -0.25) is 0 Å². The Balaban J connectivity index is 1.59. The largest absolute Gasteiger partial charge is 0.478 e. The highest BCUT2D eigenvalue weighted by Gasteiger charge is 2.30. The number of hydrogen-bond donors (Lipinski definition) is 1. The van der Waals surface area contributed by atoms with Gasteiger partial charge in [-0.15, -0.1) is 0 Å². The molecule has 0 atom stereocenters. The summed E-state index contributed by atoms with van der Waals surface area (Å²) in [6.07, 6.45) is -3.58. The zero-order chi connectivity index (χ0) is 21.7. The van der Waals surface area contributed by atoms with E-state index in [-0.39, 0.29) is 5.69 Å². The number of halogens is 3. The molecule has 0 radical (unpaired) electrons. The molecule has 1 aliphatic heterocycles. The van der Waals surface area contributed by atoms with Crippen molar-refractivity contribution in [2.75, 3.05) is 43.0 Å². The van der Waals surface area contributed by atoms with Gasteiger partial charge in [-0.1, -0.05) is 13.0 Å². The topological polar surface area (TPSA) is 70.6 Å². The van der Waals surface area contributed by atoms with E-state index in [0.29, 0.717) is 44.5 Å². The Kier molecular flexibility index (Phi) is 6.63. The smallest absolute Gasteiger partial charge is 0.416 e. The fourth-order valence-electron chi connectivity index (χ4n) is 3.08. The molecule has 2 heterocycles. The van der Waals surface area contributed by atoms with E-state index in [1.54, 1.807) is 17.9 Å². The third-order valence-electron chi connectivity index (χ3n) is 4.59. The molecule has 2 aromatic rings. The number of piperazine rings is 1. The maximum atomic E-state index is 12.8. The first-order chi connectivity index (χ1) is 14.3. The summed E-state index contributed by atoms with van der Waals surface area (Å²) in [6, 6.07) is 5.95. The molecule has 0 spiro atoms. The molecule has 1 fully saturated rings. The number of benzene rings is 1. The van der Waals surface area contributed by atoms with Crippen LogP contribution in [0.5, 0.6) is 5.88 Å². The van der Waals surface area contributed by atoms with E-state index >= 15 is 0 Å². The predicted molar refractivity (Wildman–Crippen MR) is 107 cm³/mol. The lowest BCUT2D eigenvalue weighted by molar-refractivity contribution is -0.137. The van der Waals surface area contributed by atoms with Gasteiger partial charge in [0.2, 0.25) is 5.88 Å². The first-order valence-corrected chi connectivity index (χ1v) is 9.73. The minimum atomic E-state index is -4.46. The van der Waals surface area contributed by atoms with Crippen LogP contribution < -0.4 is 15.0 Å². The van der Waals surface area contributed by atoms with Crippen molar-refractivity contribution >= 4 is 17.5 Å². The molecule has 0 unspecified atom stereocenters. The van der Waals surface area contributed by atoms with Crippen LogP contribution in [0, 0.1) is 6.92 Å². The summed E-state index contributed by atoms with van der Waals surface area (Å²) >= 11 is 0. The number of ether oxygens (including phenoxy) is 1. The quantitative estimate of drug-likeness (QED) is 0.789. The van der Waals surface area contributed by atoms with Crippen LogP contribution in [0.2, 0.25) is 0 Å². The minimum Gasteiger partial charge on any atom is -0.478 e. The zero-order valence-corrected chi connectivity index (χ0v) is 16.9. The van der Waals surface area contributed by atoms with Gasteiger partial charge in [-0.2, -0.15) is 18.2 Å². The molecule has 0 aliphatic carbocycles. The summed E-state index contributed by atoms with van der Waals surface area (Å²) in [5, 5.41) is 2.54. The second kappa shape index (κ2) is 9.19. The van der Waals surface area contributed by atoms with Crippen LogP contribution in [-0.4, -0.2) is 53.7 Å². The third-order valence-corrected chi connectivity index (χ3v) is 4.59. The number of aryl methyl sites for hydroxylation is 1. The van der Waals surface area contributed by atoms with Crippen LogP contribution in [0.4, 0.5) is 29.5 Å². The predicted octanol–water partition coefficient (Wildman–Crippen LogP) is 3.95. The Morgan fingerprint density at radius 2 is 1.90 bits per heavy atom. The number of nitrogens with zero attached hydrogens (tertiary/aromatic N) is 4. The number of urea groups is 1. The first kappa shape index (κ1) is 21.7. The van der Waals surface area contributed by atoms with E-state index in [9.17, 15) is 18.0 Å². The van der Waals surface area contributed by atoms with Crippen LogP contribution >= 0.6 is 0 Å². The number of nitrogens with one attached hydrogen (secondary N) is 1. The molecule has 1 aromatic heterocycles. The molecular formula is C20H24F3N5O2. The van der Waals surface area contributed by atoms with Crippen LogP contribution in [0.3, 0.4) is 0 Å². The molecule has 2 amide bonds. The van der Waals surface area contributed by atoms with Crippen molar-refractivity contribution in [1.29, 1.82) is 0 Å². The molecule has 1 aromatic carbocycles. The van der Waals surface area contributed by atoms with E-state index in [1.165, 1.54) is 12.1 Å². The maximum absolute atomic E-state index is 12.8. The van der Waals surface area contributed by atoms with E-state index in [2.05, 4.69) is 15.3 Å². The fraction of sp³-hybridized carbons (Fsp3) is 0.450. The van der Waals surface area contributed by atoms with Crippen molar-refractivity contribution in [3.05, 3.63) is 41.7 Å². The minimum absolute atomic E-state index is 0.112. The molecular weight excluding hydrogens is 399 g/mol. The Bertz CT molecular complexity index is 883. The van der Waals surface area contributed by atoms with Gasteiger partial charge in [-0.05, 0) is 31.5 Å². The first-order valence-electron chi connectivity index (χ1n) is 9.73. The fourth-order valence-corrected chi connectivity index (χ4v) is 3.08. The van der Waals surface area contributed by atoms with Gasteiger partial charge in [0, 0.05) is 37.9 Å². The van der Waals surface area contributed by atoms with Crippen LogP contribution in [0.1, 0.15) is 24.7 Å². The monoisotopic (exact) mass is 423 g/mol. The average Bonchev–Trinajstić information content (AvgIpc) is 2.71. The number of hydrogen-bond acceptors (Lipinski definition) is 5. The number of rotatable bonds is 5. The van der Waals surface area contributed by atoms with Gasteiger partial charge < -0.3 is 19.9 Å². The van der Waals surface area contributed by atoms with Crippen LogP contribution in [0.25, 0.3) is 0 Å². The number of carbonyl (C=O) groups excluding carboxylic acids is 1. The van der Waals surface area contributed by atoms with E-state index in [0.717, 1.165) is 24.4 Å². The molecule has 0 bridgehead atoms. The number of aromatic nitrogens is 2. The lowest BCUT2D eigenvalue weighted by Gasteiger charge is -2.35. The highest BCUT2D eigenvalue weighted by molar-refractivity contribution is 5.89. The Morgan fingerprint density at radius 1 is 1.17 bits per heavy atom. The number of carbonyl (C=O) groups is 1. The zero-order valence-electron chi connectivity index (χ0n) is 16.9. The van der Waals surface area contributed by atoms with Gasteiger partial charge in [0.1, 0.15) is 11.6 Å². The molecule has 162 valence electrons. The van der Waals surface area contributed by atoms with Crippen LogP contribution in [-0.2, 0) is 6.18 Å². The van der Waals surface area contributed by atoms with Gasteiger partial charge in [0.15, 0.2) is 0 Å². The summed E-state index contributed by atoms with van der Waals surface area (Å²) in [5.41, 5.74) is -0.688. The second-order valence-electron chi connectivity index (χ2n) is 6.94. The summed E-state index contributed by atoms with van der Waals surface area (Å²) < 4.78 is 44.1. The van der Waals surface area contributed by atoms with Crippen molar-refractivity contribution in [3.8, 4) is 5.88 Å². The number of alkyl halides is 3. The highest BCUT2D eigenvalue weighted by Crippen LogP contribution is 2.30. The van der Waals surface area contributed by atoms with E-state index in [1.807, 2.05) is 11.8 Å². The summed E-state index contributed by atoms with van der Waals surface area (Å²) in [5.74, 6) is 1.85. The SMILES string of the molecule is CCCOc1cc(N2CCN(C(=O)Nc3cccc(C(F)(F)F)c3)CC2)nc(C)n1. The standard InChI is InChI=1S/C20H24F3N5O2/c1-3-11-30-18-13-17(24-14(2)25-18)27-7-9-28(10-8-27)19(29)26-16-6-4-5-15(12-16)20(21,22)23/h4-6,12-13H,3,7-11H2,1-2H3,(H,26,29). The van der Waals surface area contributed by atoms with Gasteiger partial charge >= 0.3 is 12.2 Å². The molecule has 10 heteroatoms. The van der Waals surface area contributed by atoms with Crippen molar-refractivity contribution in [2.45, 2.75) is 26.4 Å². The lowest BCUT2D eigenvalue weighted by atomic mass is 10.2. The second-order valence-corrected chi connectivity index (χ2v) is 6.94. The normalized spacial score (nSPS) is 14.6. The molecule has 1 N–H and O–H groups in total. The Morgan fingerprint density at radius 3 is 2.57 bits per heavy atom. The van der Waals surface area contributed by atoms with Crippen molar-refractivity contribution in [2.24, 2.45) is 0 Å². The Labute approximate surface area is 172 Å². The molecule has 1 aliphatic rings. The highest BCUT2D eigenvalue weighted by atomic mass is 19.4. The van der Waals surface area contributed by atoms with E-state index in [4.69, 9.17) is 4.74 Å². The molecule has 7 nitrogen and oxygen atoms in total. The molecule has 0 saturated carbocycles. The van der Waals surface area contributed by atoms with Crippen molar-refractivity contribution in [1.82, 2.24) is 14.9 Å². The Hall–Kier alpha value is -3.04. The number of anilines is 2. The summed E-state index contributed by atoms with van der Waals surface area (Å²) in [6.45, 7) is 6.29. The molecule has 1 saturated heterocycles. The van der Waals surface area contributed by atoms with Gasteiger partial charge in [0.25, 0.3) is 0 Å². The number of amides is 2. The summed E-state index contributed by atoms with van der Waals surface area (Å²) in [4.78, 5) is 24.8. The summed E-state index contributed by atoms with van der Waals surface area (Å²) in [7, 11) is 0. The third kappa shape index (κ3) is 5.52. The van der Waals surface area contributed by atoms with Crippen LogP contribution in [0.15, 0.2) is 30.3 Å². The van der Waals surface area contributed by atoms with Crippen molar-refractivity contribution < 1.29 is 22.7 Å². The maximum Gasteiger partial charge on any atom is 0.416 e. The molecule has 3 rings (SSSR count). The average molecular weight is 423 g/mol. The molecule has 30 heavy (non-hydrogen) atoms. The lowest BCUT2D eigenvalue weighted by Crippen LogP contribution is -2.50. The van der Waals surface area contributed by atoms with Crippen molar-refractivity contribution in [3.63, 3.8) is 0 Å². The van der Waals surface area contributed by atoms with Gasteiger partial charge in [0.05, 0.1) is 12.2 Å². The van der Waals surface area contributed by atoms with Gasteiger partial charge in [-0.25, -0.2) is 9.78 Å². The van der Waals surface area contributed by atoms with E-state index < -0.39 is 17.8 Å².